The lowest BCUT2D eigenvalue weighted by Crippen LogP contribution is -2.55. The first kappa shape index (κ1) is 11.5. The smallest absolute Gasteiger partial charge is 0.0575 e. The standard InChI is InChI=1S/C11H15NO.ClH/c12-11(7-10(13)8-11)6-9-4-2-1-3-5-9;/h1-5,10,13H,6-8,12H2;1H. The molecule has 0 amide bonds. The van der Waals surface area contributed by atoms with Gasteiger partial charge in [-0.15, -0.1) is 12.4 Å². The number of nitrogens with two attached hydrogens (primary N) is 1. The normalized spacial score (nSPS) is 30.3. The van der Waals surface area contributed by atoms with E-state index < -0.39 is 0 Å². The third-order valence-corrected chi connectivity index (χ3v) is 2.68. The average molecular weight is 214 g/mol. The van der Waals surface area contributed by atoms with E-state index in [1.165, 1.54) is 5.56 Å². The highest BCUT2D eigenvalue weighted by Crippen LogP contribution is 2.32. The molecule has 0 radical (unpaired) electrons. The van der Waals surface area contributed by atoms with E-state index in [2.05, 4.69) is 12.1 Å². The van der Waals surface area contributed by atoms with Gasteiger partial charge in [-0.25, -0.2) is 0 Å². The molecule has 0 unspecified atom stereocenters. The van der Waals surface area contributed by atoms with Crippen molar-refractivity contribution in [2.75, 3.05) is 0 Å². The van der Waals surface area contributed by atoms with Crippen LogP contribution in [0.3, 0.4) is 0 Å². The molecule has 1 saturated carbocycles. The Hall–Kier alpha value is -0.570. The van der Waals surface area contributed by atoms with Crippen molar-refractivity contribution in [3.63, 3.8) is 0 Å². The lowest BCUT2D eigenvalue weighted by atomic mass is 9.71. The summed E-state index contributed by atoms with van der Waals surface area (Å²) in [5.41, 5.74) is 7.17. The third-order valence-electron chi connectivity index (χ3n) is 2.68. The summed E-state index contributed by atoms with van der Waals surface area (Å²) >= 11 is 0. The van der Waals surface area contributed by atoms with Gasteiger partial charge in [0, 0.05) is 5.54 Å². The summed E-state index contributed by atoms with van der Waals surface area (Å²) in [4.78, 5) is 0. The molecule has 0 atom stereocenters. The quantitative estimate of drug-likeness (QED) is 0.782. The summed E-state index contributed by atoms with van der Waals surface area (Å²) in [5.74, 6) is 0. The number of rotatable bonds is 2. The predicted molar refractivity (Wildman–Crippen MR) is 59.6 cm³/mol. The van der Waals surface area contributed by atoms with Gasteiger partial charge in [0.25, 0.3) is 0 Å². The van der Waals surface area contributed by atoms with Gasteiger partial charge in [-0.3, -0.25) is 0 Å². The fourth-order valence-corrected chi connectivity index (χ4v) is 2.03. The Balaban J connectivity index is 0.000000980. The van der Waals surface area contributed by atoms with E-state index in [1.54, 1.807) is 0 Å². The maximum Gasteiger partial charge on any atom is 0.0575 e. The van der Waals surface area contributed by atoms with Crippen molar-refractivity contribution in [3.05, 3.63) is 35.9 Å². The zero-order valence-electron chi connectivity index (χ0n) is 8.02. The van der Waals surface area contributed by atoms with Crippen molar-refractivity contribution in [2.24, 2.45) is 5.73 Å². The number of aliphatic hydroxyl groups is 1. The van der Waals surface area contributed by atoms with Crippen molar-refractivity contribution in [1.29, 1.82) is 0 Å². The van der Waals surface area contributed by atoms with Gasteiger partial charge in [0.1, 0.15) is 0 Å². The number of aliphatic hydroxyl groups excluding tert-OH is 1. The highest BCUT2D eigenvalue weighted by molar-refractivity contribution is 5.85. The van der Waals surface area contributed by atoms with E-state index in [4.69, 9.17) is 5.73 Å². The van der Waals surface area contributed by atoms with Gasteiger partial charge < -0.3 is 10.8 Å². The van der Waals surface area contributed by atoms with E-state index in [0.717, 1.165) is 19.3 Å². The number of hydrogen-bond donors (Lipinski definition) is 2. The maximum atomic E-state index is 9.18. The molecule has 0 bridgehead atoms. The summed E-state index contributed by atoms with van der Waals surface area (Å²) in [6.07, 6.45) is 2.18. The van der Waals surface area contributed by atoms with Crippen LogP contribution in [0.25, 0.3) is 0 Å². The first-order valence-corrected chi connectivity index (χ1v) is 4.69. The summed E-state index contributed by atoms with van der Waals surface area (Å²) in [6.45, 7) is 0. The maximum absolute atomic E-state index is 9.18. The van der Waals surface area contributed by atoms with Gasteiger partial charge in [0.05, 0.1) is 6.10 Å². The first-order chi connectivity index (χ1) is 6.18. The fourth-order valence-electron chi connectivity index (χ4n) is 2.03. The largest absolute Gasteiger partial charge is 0.393 e. The van der Waals surface area contributed by atoms with Crippen LogP contribution in [0, 0.1) is 0 Å². The molecular weight excluding hydrogens is 198 g/mol. The topological polar surface area (TPSA) is 46.2 Å². The Labute approximate surface area is 90.5 Å². The second kappa shape index (κ2) is 4.30. The Bertz CT molecular complexity index is 283. The van der Waals surface area contributed by atoms with Crippen molar-refractivity contribution in [3.8, 4) is 0 Å². The minimum absolute atomic E-state index is 0. The molecule has 78 valence electrons. The molecule has 1 aliphatic carbocycles. The number of halogens is 1. The zero-order valence-corrected chi connectivity index (χ0v) is 8.83. The molecule has 2 nitrogen and oxygen atoms in total. The minimum atomic E-state index is -0.172. The lowest BCUT2D eigenvalue weighted by Gasteiger charge is -2.42. The molecule has 0 spiro atoms. The Morgan fingerprint density at radius 1 is 1.29 bits per heavy atom. The van der Waals surface area contributed by atoms with Crippen molar-refractivity contribution in [1.82, 2.24) is 0 Å². The van der Waals surface area contributed by atoms with Crippen LogP contribution in [0.15, 0.2) is 30.3 Å². The van der Waals surface area contributed by atoms with Crippen LogP contribution < -0.4 is 5.73 Å². The second-order valence-corrected chi connectivity index (χ2v) is 4.09. The van der Waals surface area contributed by atoms with Crippen LogP contribution in [0.2, 0.25) is 0 Å². The minimum Gasteiger partial charge on any atom is -0.393 e. The molecule has 2 rings (SSSR count). The molecule has 0 aliphatic heterocycles. The van der Waals surface area contributed by atoms with E-state index in [0.29, 0.717) is 0 Å². The average Bonchev–Trinajstić information content (AvgIpc) is 2.03. The molecule has 1 fully saturated rings. The number of hydrogen-bond acceptors (Lipinski definition) is 2. The van der Waals surface area contributed by atoms with E-state index in [-0.39, 0.29) is 24.0 Å². The molecule has 0 heterocycles. The molecule has 14 heavy (non-hydrogen) atoms. The molecule has 3 N–H and O–H groups in total. The van der Waals surface area contributed by atoms with Crippen molar-refractivity contribution < 1.29 is 5.11 Å². The van der Waals surface area contributed by atoms with Crippen molar-refractivity contribution in [2.45, 2.75) is 30.9 Å². The molecule has 1 aromatic rings. The summed E-state index contributed by atoms with van der Waals surface area (Å²) in [7, 11) is 0. The lowest BCUT2D eigenvalue weighted by molar-refractivity contribution is 0.0232. The second-order valence-electron chi connectivity index (χ2n) is 4.09. The summed E-state index contributed by atoms with van der Waals surface area (Å²) < 4.78 is 0. The van der Waals surface area contributed by atoms with Crippen LogP contribution in [0.4, 0.5) is 0 Å². The van der Waals surface area contributed by atoms with Crippen LogP contribution >= 0.6 is 12.4 Å². The van der Waals surface area contributed by atoms with E-state index in [9.17, 15) is 5.11 Å². The molecule has 1 aliphatic rings. The van der Waals surface area contributed by atoms with E-state index >= 15 is 0 Å². The highest BCUT2D eigenvalue weighted by Gasteiger charge is 2.39. The van der Waals surface area contributed by atoms with Crippen LogP contribution in [-0.4, -0.2) is 16.7 Å². The first-order valence-electron chi connectivity index (χ1n) is 4.69. The predicted octanol–water partition coefficient (Wildman–Crippen LogP) is 1.50. The Kier molecular flexibility index (Phi) is 3.53. The monoisotopic (exact) mass is 213 g/mol. The molecular formula is C11H16ClNO. The van der Waals surface area contributed by atoms with Gasteiger partial charge in [0.15, 0.2) is 0 Å². The fraction of sp³-hybridized carbons (Fsp3) is 0.455. The Morgan fingerprint density at radius 3 is 2.36 bits per heavy atom. The van der Waals surface area contributed by atoms with Gasteiger partial charge in [-0.2, -0.15) is 0 Å². The molecule has 0 saturated heterocycles. The third kappa shape index (κ3) is 2.47. The summed E-state index contributed by atoms with van der Waals surface area (Å²) in [6, 6.07) is 10.2. The Morgan fingerprint density at radius 2 is 1.86 bits per heavy atom. The van der Waals surface area contributed by atoms with Gasteiger partial charge >= 0.3 is 0 Å². The van der Waals surface area contributed by atoms with E-state index in [1.807, 2.05) is 18.2 Å². The zero-order chi connectivity index (χ0) is 9.31. The number of benzene rings is 1. The summed E-state index contributed by atoms with van der Waals surface area (Å²) in [5, 5.41) is 9.18. The molecule has 0 aromatic heterocycles. The van der Waals surface area contributed by atoms with Crippen LogP contribution in [0.5, 0.6) is 0 Å². The molecule has 1 aromatic carbocycles. The van der Waals surface area contributed by atoms with Crippen molar-refractivity contribution >= 4 is 12.4 Å². The van der Waals surface area contributed by atoms with Crippen LogP contribution in [-0.2, 0) is 6.42 Å². The highest BCUT2D eigenvalue weighted by atomic mass is 35.5. The van der Waals surface area contributed by atoms with Crippen LogP contribution in [0.1, 0.15) is 18.4 Å². The van der Waals surface area contributed by atoms with Gasteiger partial charge in [0.2, 0.25) is 0 Å². The molecule has 3 heteroatoms. The van der Waals surface area contributed by atoms with Gasteiger partial charge in [-0.1, -0.05) is 30.3 Å². The SMILES string of the molecule is Cl.NC1(Cc2ccccc2)CC(O)C1. The van der Waals surface area contributed by atoms with Gasteiger partial charge in [-0.05, 0) is 24.8 Å².